The van der Waals surface area contributed by atoms with Gasteiger partial charge in [-0.15, -0.1) is 0 Å². The van der Waals surface area contributed by atoms with Gasteiger partial charge in [0.1, 0.15) is 13.2 Å². The molecule has 5 heteroatoms. The third-order valence-corrected chi connectivity index (χ3v) is 5.07. The van der Waals surface area contributed by atoms with Crippen molar-refractivity contribution in [2.75, 3.05) is 6.54 Å². The maximum Gasteiger partial charge on any atom is 0.410 e. The first-order valence-corrected chi connectivity index (χ1v) is 9.90. The second-order valence-electron chi connectivity index (χ2n) is 7.06. The molecule has 2 heterocycles. The molecule has 1 aromatic heterocycles. The minimum Gasteiger partial charge on any atom is -0.473 e. The molecule has 1 saturated heterocycles. The van der Waals surface area contributed by atoms with Gasteiger partial charge in [-0.05, 0) is 30.0 Å². The van der Waals surface area contributed by atoms with Crippen molar-refractivity contribution >= 4 is 6.09 Å². The van der Waals surface area contributed by atoms with Crippen LogP contribution in [0.2, 0.25) is 0 Å². The van der Waals surface area contributed by atoms with Gasteiger partial charge in [-0.1, -0.05) is 66.7 Å². The summed E-state index contributed by atoms with van der Waals surface area (Å²) in [7, 11) is 0. The molecule has 0 N–H and O–H groups in total. The standard InChI is InChI=1S/C24H24N2O3/c27-24(29-18-20-11-5-2-6-12-20)26-16-8-14-22(26)21-13-7-15-25-23(21)28-17-19-9-3-1-4-10-19/h1-7,9-13,15,22H,8,14,16-18H2/t22-/m0/s1. The van der Waals surface area contributed by atoms with Crippen molar-refractivity contribution in [3.8, 4) is 5.88 Å². The zero-order chi connectivity index (χ0) is 19.9. The van der Waals surface area contributed by atoms with E-state index in [0.717, 1.165) is 29.5 Å². The Hall–Kier alpha value is -3.34. The number of hydrogen-bond donors (Lipinski definition) is 0. The molecule has 3 aromatic rings. The zero-order valence-electron chi connectivity index (χ0n) is 16.2. The Morgan fingerprint density at radius 2 is 1.62 bits per heavy atom. The molecule has 0 radical (unpaired) electrons. The number of hydrogen-bond acceptors (Lipinski definition) is 4. The lowest BCUT2D eigenvalue weighted by molar-refractivity contribution is 0.0914. The average molecular weight is 388 g/mol. The Labute approximate surface area is 170 Å². The van der Waals surface area contributed by atoms with Crippen LogP contribution < -0.4 is 4.74 Å². The minimum atomic E-state index is -0.297. The van der Waals surface area contributed by atoms with Crippen LogP contribution in [0.25, 0.3) is 0 Å². The van der Waals surface area contributed by atoms with Crippen molar-refractivity contribution < 1.29 is 14.3 Å². The zero-order valence-corrected chi connectivity index (χ0v) is 16.2. The van der Waals surface area contributed by atoms with E-state index in [9.17, 15) is 4.79 Å². The summed E-state index contributed by atoms with van der Waals surface area (Å²) in [6.45, 7) is 1.38. The summed E-state index contributed by atoms with van der Waals surface area (Å²) in [5.41, 5.74) is 2.98. The van der Waals surface area contributed by atoms with Gasteiger partial charge in [0, 0.05) is 18.3 Å². The maximum atomic E-state index is 12.7. The lowest BCUT2D eigenvalue weighted by Gasteiger charge is -2.25. The molecule has 29 heavy (non-hydrogen) atoms. The van der Waals surface area contributed by atoms with Crippen LogP contribution in [0.1, 0.15) is 35.6 Å². The quantitative estimate of drug-likeness (QED) is 0.587. The molecule has 1 fully saturated rings. The summed E-state index contributed by atoms with van der Waals surface area (Å²) in [5, 5.41) is 0. The van der Waals surface area contributed by atoms with Crippen molar-refractivity contribution in [3.63, 3.8) is 0 Å². The number of benzene rings is 2. The molecular weight excluding hydrogens is 364 g/mol. The lowest BCUT2D eigenvalue weighted by Crippen LogP contribution is -2.31. The Bertz CT molecular complexity index is 931. The second-order valence-corrected chi connectivity index (χ2v) is 7.06. The van der Waals surface area contributed by atoms with E-state index in [2.05, 4.69) is 4.98 Å². The number of amides is 1. The molecule has 1 amide bonds. The first kappa shape index (κ1) is 19.0. The van der Waals surface area contributed by atoms with Crippen LogP contribution in [0.15, 0.2) is 79.0 Å². The Morgan fingerprint density at radius 3 is 2.34 bits per heavy atom. The van der Waals surface area contributed by atoms with Crippen molar-refractivity contribution in [2.45, 2.75) is 32.1 Å². The molecule has 1 aliphatic rings. The number of carbonyl (C=O) groups is 1. The van der Waals surface area contributed by atoms with E-state index >= 15 is 0 Å². The van der Waals surface area contributed by atoms with E-state index in [1.54, 1.807) is 11.1 Å². The molecule has 148 valence electrons. The highest BCUT2D eigenvalue weighted by Crippen LogP contribution is 2.36. The van der Waals surface area contributed by atoms with Crippen LogP contribution in [-0.2, 0) is 18.0 Å². The van der Waals surface area contributed by atoms with Gasteiger partial charge in [0.25, 0.3) is 0 Å². The van der Waals surface area contributed by atoms with Crippen LogP contribution in [-0.4, -0.2) is 22.5 Å². The van der Waals surface area contributed by atoms with Gasteiger partial charge in [0.05, 0.1) is 6.04 Å². The predicted molar refractivity (Wildman–Crippen MR) is 110 cm³/mol. The average Bonchev–Trinajstić information content (AvgIpc) is 3.27. The molecule has 0 saturated carbocycles. The normalized spacial score (nSPS) is 15.9. The highest BCUT2D eigenvalue weighted by atomic mass is 16.6. The van der Waals surface area contributed by atoms with Gasteiger partial charge in [0.2, 0.25) is 5.88 Å². The summed E-state index contributed by atoms with van der Waals surface area (Å²) in [6.07, 6.45) is 3.22. The maximum absolute atomic E-state index is 12.7. The van der Waals surface area contributed by atoms with Crippen LogP contribution >= 0.6 is 0 Å². The van der Waals surface area contributed by atoms with Crippen molar-refractivity contribution in [2.24, 2.45) is 0 Å². The third-order valence-electron chi connectivity index (χ3n) is 5.07. The fraction of sp³-hybridized carbons (Fsp3) is 0.250. The summed E-state index contributed by atoms with van der Waals surface area (Å²) in [6, 6.07) is 23.5. The number of ether oxygens (including phenoxy) is 2. The first-order chi connectivity index (χ1) is 14.3. The molecule has 0 bridgehead atoms. The fourth-order valence-electron chi connectivity index (χ4n) is 3.61. The summed E-state index contributed by atoms with van der Waals surface area (Å²) >= 11 is 0. The largest absolute Gasteiger partial charge is 0.473 e. The van der Waals surface area contributed by atoms with Crippen molar-refractivity contribution in [3.05, 3.63) is 95.7 Å². The Morgan fingerprint density at radius 1 is 0.931 bits per heavy atom. The lowest BCUT2D eigenvalue weighted by atomic mass is 10.1. The number of nitrogens with zero attached hydrogens (tertiary/aromatic N) is 2. The van der Waals surface area contributed by atoms with Gasteiger partial charge < -0.3 is 14.4 Å². The highest BCUT2D eigenvalue weighted by molar-refractivity contribution is 5.69. The third kappa shape index (κ3) is 4.74. The van der Waals surface area contributed by atoms with E-state index in [1.807, 2.05) is 72.8 Å². The van der Waals surface area contributed by atoms with Crippen molar-refractivity contribution in [1.82, 2.24) is 9.88 Å². The van der Waals surface area contributed by atoms with Gasteiger partial charge in [-0.2, -0.15) is 0 Å². The SMILES string of the molecule is O=C(OCc1ccccc1)N1CCC[C@H]1c1cccnc1OCc1ccccc1. The minimum absolute atomic E-state index is 0.0854. The fourth-order valence-corrected chi connectivity index (χ4v) is 3.61. The molecule has 2 aromatic carbocycles. The molecule has 0 unspecified atom stereocenters. The van der Waals surface area contributed by atoms with E-state index in [0.29, 0.717) is 19.0 Å². The molecule has 0 spiro atoms. The van der Waals surface area contributed by atoms with E-state index in [4.69, 9.17) is 9.47 Å². The monoisotopic (exact) mass is 388 g/mol. The molecule has 5 nitrogen and oxygen atoms in total. The van der Waals surface area contributed by atoms with Crippen LogP contribution in [0.3, 0.4) is 0 Å². The molecule has 1 aliphatic heterocycles. The smallest absolute Gasteiger partial charge is 0.410 e. The summed E-state index contributed by atoms with van der Waals surface area (Å²) < 4.78 is 11.6. The molecule has 0 aliphatic carbocycles. The van der Waals surface area contributed by atoms with Crippen LogP contribution in [0.5, 0.6) is 5.88 Å². The van der Waals surface area contributed by atoms with Gasteiger partial charge in [0.15, 0.2) is 0 Å². The number of aromatic nitrogens is 1. The highest BCUT2D eigenvalue weighted by Gasteiger charge is 2.33. The molecular formula is C24H24N2O3. The van der Waals surface area contributed by atoms with Crippen molar-refractivity contribution in [1.29, 1.82) is 0 Å². The van der Waals surface area contributed by atoms with Crippen LogP contribution in [0, 0.1) is 0 Å². The number of carbonyl (C=O) groups excluding carboxylic acids is 1. The van der Waals surface area contributed by atoms with Crippen LogP contribution in [0.4, 0.5) is 4.79 Å². The number of rotatable bonds is 6. The predicted octanol–water partition coefficient (Wildman–Crippen LogP) is 5.13. The molecule has 1 atom stereocenters. The Kier molecular flexibility index (Phi) is 6.05. The van der Waals surface area contributed by atoms with E-state index in [1.165, 1.54) is 0 Å². The topological polar surface area (TPSA) is 51.7 Å². The number of likely N-dealkylation sites (tertiary alicyclic amines) is 1. The van der Waals surface area contributed by atoms with Gasteiger partial charge in [-0.3, -0.25) is 0 Å². The van der Waals surface area contributed by atoms with Gasteiger partial charge in [-0.25, -0.2) is 9.78 Å². The molecule has 4 rings (SSSR count). The second kappa shape index (κ2) is 9.24. The first-order valence-electron chi connectivity index (χ1n) is 9.90. The van der Waals surface area contributed by atoms with Gasteiger partial charge >= 0.3 is 6.09 Å². The summed E-state index contributed by atoms with van der Waals surface area (Å²) in [5.74, 6) is 0.573. The Balaban J connectivity index is 1.44. The number of pyridine rings is 1. The van der Waals surface area contributed by atoms with E-state index in [-0.39, 0.29) is 18.7 Å². The summed E-state index contributed by atoms with van der Waals surface area (Å²) in [4.78, 5) is 18.9. The van der Waals surface area contributed by atoms with E-state index < -0.39 is 0 Å².